The number of ether oxygens (including phenoxy) is 4. The highest BCUT2D eigenvalue weighted by atomic mass is 32.2. The Kier molecular flexibility index (Phi) is 18.5. The molecule has 2 N–H and O–H groups in total. The van der Waals surface area contributed by atoms with Crippen LogP contribution in [-0.2, 0) is 33.3 Å². The van der Waals surface area contributed by atoms with E-state index in [1.807, 2.05) is 0 Å². The first-order valence-electron chi connectivity index (χ1n) is 16.6. The van der Waals surface area contributed by atoms with Gasteiger partial charge in [-0.1, -0.05) is 44.3 Å². The SMILES string of the molecule is O=C(CCN1C(=O)CC(SC2CCCCCCC2)C1=O)NCCOCCOCCOCCNC(=O)OC1CC/C=C/CCC1. The summed E-state index contributed by atoms with van der Waals surface area (Å²) in [5, 5.41) is 5.64. The molecule has 250 valence electrons. The van der Waals surface area contributed by atoms with E-state index in [-0.39, 0.29) is 48.5 Å². The number of allylic oxidation sites excluding steroid dienone is 2. The standard InChI is InChI=1S/C32H53N3O8S/c36-29(15-18-35-30(37)25-28(31(35)38)44-27-13-9-5-2-6-10-14-27)33-16-19-40-21-23-42-24-22-41-20-17-34-32(39)43-26-11-7-3-1-4-8-12-26/h1,3,26-28H,2,4-25H2,(H,33,36)(H,34,39)/b3-1+. The molecule has 2 atom stereocenters. The zero-order chi connectivity index (χ0) is 31.2. The number of imide groups is 1. The largest absolute Gasteiger partial charge is 0.446 e. The lowest BCUT2D eigenvalue weighted by Crippen LogP contribution is -2.36. The Balaban J connectivity index is 1.10. The van der Waals surface area contributed by atoms with Crippen molar-refractivity contribution < 1.29 is 38.1 Å². The van der Waals surface area contributed by atoms with Gasteiger partial charge in [-0.05, 0) is 44.9 Å². The van der Waals surface area contributed by atoms with Crippen molar-refractivity contribution in [3.05, 3.63) is 12.2 Å². The third-order valence-corrected chi connectivity index (χ3v) is 9.55. The van der Waals surface area contributed by atoms with E-state index < -0.39 is 6.09 Å². The van der Waals surface area contributed by atoms with Gasteiger partial charge in [0.05, 0.1) is 44.9 Å². The number of carbonyl (C=O) groups excluding carboxylic acids is 4. The van der Waals surface area contributed by atoms with Crippen LogP contribution in [0.3, 0.4) is 0 Å². The van der Waals surface area contributed by atoms with Crippen LogP contribution >= 0.6 is 11.8 Å². The first-order chi connectivity index (χ1) is 21.5. The maximum atomic E-state index is 12.8. The second-order valence-electron chi connectivity index (χ2n) is 11.6. The van der Waals surface area contributed by atoms with Crippen LogP contribution in [0.5, 0.6) is 0 Å². The molecule has 0 radical (unpaired) electrons. The van der Waals surface area contributed by atoms with E-state index >= 15 is 0 Å². The first kappa shape index (κ1) is 36.3. The highest BCUT2D eigenvalue weighted by molar-refractivity contribution is 8.01. The molecule has 3 rings (SSSR count). The van der Waals surface area contributed by atoms with Crippen LogP contribution in [0.15, 0.2) is 12.2 Å². The number of likely N-dealkylation sites (tertiary alicyclic amines) is 1. The van der Waals surface area contributed by atoms with Crippen molar-refractivity contribution in [3.63, 3.8) is 0 Å². The quantitative estimate of drug-likeness (QED) is 0.129. The molecule has 0 aromatic rings. The number of amides is 4. The average molecular weight is 640 g/mol. The Morgan fingerprint density at radius 3 is 2.14 bits per heavy atom. The maximum Gasteiger partial charge on any atom is 0.407 e. The summed E-state index contributed by atoms with van der Waals surface area (Å²) < 4.78 is 21.9. The summed E-state index contributed by atoms with van der Waals surface area (Å²) in [6.07, 6.45) is 17.5. The van der Waals surface area contributed by atoms with Crippen LogP contribution < -0.4 is 10.6 Å². The normalized spacial score (nSPS) is 22.5. The Bertz CT molecular complexity index is 897. The number of rotatable bonds is 18. The van der Waals surface area contributed by atoms with Crippen LogP contribution in [0, 0.1) is 0 Å². The Labute approximate surface area is 266 Å². The molecule has 44 heavy (non-hydrogen) atoms. The van der Waals surface area contributed by atoms with Crippen molar-refractivity contribution in [2.24, 2.45) is 0 Å². The minimum absolute atomic E-state index is 0.0241. The molecule has 0 aromatic heterocycles. The average Bonchev–Trinajstić information content (AvgIpc) is 3.24. The molecule has 11 nitrogen and oxygen atoms in total. The predicted molar refractivity (Wildman–Crippen MR) is 169 cm³/mol. The molecule has 0 aromatic carbocycles. The topological polar surface area (TPSA) is 132 Å². The van der Waals surface area contributed by atoms with Gasteiger partial charge in [-0.15, -0.1) is 11.8 Å². The van der Waals surface area contributed by atoms with E-state index in [0.29, 0.717) is 58.0 Å². The van der Waals surface area contributed by atoms with Crippen molar-refractivity contribution >= 4 is 35.6 Å². The van der Waals surface area contributed by atoms with Crippen molar-refractivity contribution in [1.29, 1.82) is 0 Å². The van der Waals surface area contributed by atoms with E-state index in [4.69, 9.17) is 18.9 Å². The predicted octanol–water partition coefficient (Wildman–Crippen LogP) is 4.13. The van der Waals surface area contributed by atoms with E-state index in [1.165, 1.54) is 37.0 Å². The molecule has 12 heteroatoms. The lowest BCUT2D eigenvalue weighted by Gasteiger charge is -2.21. The fraction of sp³-hybridized carbons (Fsp3) is 0.812. The zero-order valence-corrected chi connectivity index (χ0v) is 27.1. The lowest BCUT2D eigenvalue weighted by molar-refractivity contribution is -0.138. The van der Waals surface area contributed by atoms with Crippen LogP contribution in [0.4, 0.5) is 4.79 Å². The van der Waals surface area contributed by atoms with Crippen LogP contribution in [0.25, 0.3) is 0 Å². The minimum Gasteiger partial charge on any atom is -0.446 e. The number of nitrogens with one attached hydrogen (secondary N) is 2. The van der Waals surface area contributed by atoms with Gasteiger partial charge in [-0.25, -0.2) is 4.79 Å². The van der Waals surface area contributed by atoms with Crippen molar-refractivity contribution in [1.82, 2.24) is 15.5 Å². The monoisotopic (exact) mass is 639 g/mol. The smallest absolute Gasteiger partial charge is 0.407 e. The van der Waals surface area contributed by atoms with Crippen molar-refractivity contribution in [3.8, 4) is 0 Å². The molecule has 2 unspecified atom stereocenters. The third-order valence-electron chi connectivity index (χ3n) is 7.99. The summed E-state index contributed by atoms with van der Waals surface area (Å²) in [7, 11) is 0. The van der Waals surface area contributed by atoms with Gasteiger partial charge in [0.2, 0.25) is 17.7 Å². The zero-order valence-electron chi connectivity index (χ0n) is 26.3. The second-order valence-corrected chi connectivity index (χ2v) is 13.1. The van der Waals surface area contributed by atoms with E-state index in [9.17, 15) is 19.2 Å². The van der Waals surface area contributed by atoms with Gasteiger partial charge in [-0.2, -0.15) is 0 Å². The minimum atomic E-state index is -0.396. The van der Waals surface area contributed by atoms with Gasteiger partial charge >= 0.3 is 6.09 Å². The molecular formula is C32H53N3O8S. The molecule has 3 aliphatic rings. The van der Waals surface area contributed by atoms with Crippen LogP contribution in [0.1, 0.15) is 89.9 Å². The van der Waals surface area contributed by atoms with Gasteiger partial charge in [-0.3, -0.25) is 19.3 Å². The molecule has 0 bridgehead atoms. The fourth-order valence-electron chi connectivity index (χ4n) is 5.55. The number of hydrogen-bond acceptors (Lipinski definition) is 9. The second kappa shape index (κ2) is 22.4. The third kappa shape index (κ3) is 15.2. The summed E-state index contributed by atoms with van der Waals surface area (Å²) >= 11 is 1.67. The van der Waals surface area contributed by atoms with Crippen LogP contribution in [0.2, 0.25) is 0 Å². The number of thioether (sulfide) groups is 1. The van der Waals surface area contributed by atoms with Gasteiger partial charge < -0.3 is 29.6 Å². The van der Waals surface area contributed by atoms with Gasteiger partial charge in [0.25, 0.3) is 0 Å². The highest BCUT2D eigenvalue weighted by Gasteiger charge is 2.40. The van der Waals surface area contributed by atoms with Crippen LogP contribution in [-0.4, -0.2) is 105 Å². The molecular weight excluding hydrogens is 586 g/mol. The molecule has 4 amide bonds. The lowest BCUT2D eigenvalue weighted by atomic mass is 10.0. The molecule has 0 spiro atoms. The van der Waals surface area contributed by atoms with Gasteiger partial charge in [0, 0.05) is 37.7 Å². The number of hydrogen-bond donors (Lipinski definition) is 2. The molecule has 2 fully saturated rings. The summed E-state index contributed by atoms with van der Waals surface area (Å²) in [6, 6.07) is 0. The Hall–Kier alpha value is -2.15. The molecule has 1 aliphatic heterocycles. The maximum absolute atomic E-state index is 12.8. The van der Waals surface area contributed by atoms with E-state index in [1.54, 1.807) is 11.8 Å². The summed E-state index contributed by atoms with van der Waals surface area (Å²) in [5.41, 5.74) is 0. The molecule has 1 saturated heterocycles. The van der Waals surface area contributed by atoms with Gasteiger partial charge in [0.1, 0.15) is 6.10 Å². The Morgan fingerprint density at radius 2 is 1.41 bits per heavy atom. The first-order valence-corrected chi connectivity index (χ1v) is 17.6. The number of carbonyl (C=O) groups is 4. The Morgan fingerprint density at radius 1 is 0.773 bits per heavy atom. The summed E-state index contributed by atoms with van der Waals surface area (Å²) in [5.74, 6) is -0.521. The molecule has 2 aliphatic carbocycles. The summed E-state index contributed by atoms with van der Waals surface area (Å²) in [6.45, 7) is 3.17. The van der Waals surface area contributed by atoms with E-state index in [2.05, 4.69) is 22.8 Å². The molecule has 1 saturated carbocycles. The van der Waals surface area contributed by atoms with E-state index in [0.717, 1.165) is 44.9 Å². The van der Waals surface area contributed by atoms with Crippen molar-refractivity contribution in [2.75, 3.05) is 59.3 Å². The fourth-order valence-corrected chi connectivity index (χ4v) is 7.10. The number of nitrogens with zero attached hydrogens (tertiary/aromatic N) is 1. The number of alkyl carbamates (subject to hydrolysis) is 1. The highest BCUT2D eigenvalue weighted by Crippen LogP contribution is 2.34. The van der Waals surface area contributed by atoms with Gasteiger partial charge in [0.15, 0.2) is 0 Å². The summed E-state index contributed by atoms with van der Waals surface area (Å²) in [4.78, 5) is 50.7. The van der Waals surface area contributed by atoms with Crippen molar-refractivity contribution in [2.45, 2.75) is 106 Å². The molecule has 1 heterocycles.